The number of nitrogens with zero attached hydrogens (tertiary/aromatic N) is 1. The number of nitrogens with one attached hydrogen (secondary N) is 1. The normalized spacial score (nSPS) is 11.1. The molecule has 1 heterocycles. The maximum atomic E-state index is 12.3. The van der Waals surface area contributed by atoms with Crippen molar-refractivity contribution in [2.45, 2.75) is 0 Å². The number of amides is 1. The van der Waals surface area contributed by atoms with Crippen molar-refractivity contribution in [2.75, 3.05) is 5.32 Å². The zero-order valence-electron chi connectivity index (χ0n) is 13.7. The van der Waals surface area contributed by atoms with Crippen LogP contribution in [-0.4, -0.2) is 5.91 Å². The zero-order valence-corrected chi connectivity index (χ0v) is 17.3. The van der Waals surface area contributed by atoms with Gasteiger partial charge in [0.1, 0.15) is 23.2 Å². The summed E-state index contributed by atoms with van der Waals surface area (Å²) >= 11 is 14.4. The number of carbonyl (C=O) groups is 1. The predicted octanol–water partition coefficient (Wildman–Crippen LogP) is 6.40. The van der Waals surface area contributed by atoms with Gasteiger partial charge >= 0.3 is 0 Å². The highest BCUT2D eigenvalue weighted by Crippen LogP contribution is 2.34. The number of furan rings is 1. The summed E-state index contributed by atoms with van der Waals surface area (Å²) in [6.07, 6.45) is 1.38. The molecule has 0 bridgehead atoms. The molecule has 3 aromatic rings. The first kappa shape index (κ1) is 19.5. The molecule has 0 saturated heterocycles. The van der Waals surface area contributed by atoms with Crippen LogP contribution in [0.3, 0.4) is 0 Å². The Morgan fingerprint density at radius 1 is 1.11 bits per heavy atom. The Morgan fingerprint density at radius 3 is 2.56 bits per heavy atom. The third kappa shape index (κ3) is 4.72. The summed E-state index contributed by atoms with van der Waals surface area (Å²) < 4.78 is 6.75. The average molecular weight is 509 g/mol. The Kier molecular flexibility index (Phi) is 6.22. The summed E-state index contributed by atoms with van der Waals surface area (Å²) in [5.74, 6) is 0.330. The van der Waals surface area contributed by atoms with E-state index in [1.807, 2.05) is 18.2 Å². The number of anilines is 1. The van der Waals surface area contributed by atoms with Crippen molar-refractivity contribution >= 4 is 63.5 Å². The second-order valence-corrected chi connectivity index (χ2v) is 7.47. The van der Waals surface area contributed by atoms with E-state index in [9.17, 15) is 10.1 Å². The molecule has 1 aromatic heterocycles. The van der Waals surface area contributed by atoms with E-state index < -0.39 is 5.91 Å². The highest BCUT2D eigenvalue weighted by Gasteiger charge is 2.13. The molecule has 0 radical (unpaired) electrons. The van der Waals surface area contributed by atoms with E-state index in [2.05, 4.69) is 27.9 Å². The van der Waals surface area contributed by atoms with Gasteiger partial charge in [0.05, 0.1) is 10.0 Å². The highest BCUT2D eigenvalue weighted by atomic mass is 127. The lowest BCUT2D eigenvalue weighted by molar-refractivity contribution is -0.112. The van der Waals surface area contributed by atoms with Gasteiger partial charge in [0.15, 0.2) is 0 Å². The van der Waals surface area contributed by atoms with Gasteiger partial charge in [-0.05, 0) is 71.1 Å². The van der Waals surface area contributed by atoms with E-state index in [4.69, 9.17) is 27.6 Å². The number of hydrogen-bond donors (Lipinski definition) is 1. The summed E-state index contributed by atoms with van der Waals surface area (Å²) in [6.45, 7) is 0. The number of halogens is 3. The molecule has 4 nitrogen and oxygen atoms in total. The van der Waals surface area contributed by atoms with Crippen molar-refractivity contribution in [3.8, 4) is 17.4 Å². The first-order chi connectivity index (χ1) is 13.0. The van der Waals surface area contributed by atoms with E-state index >= 15 is 0 Å². The van der Waals surface area contributed by atoms with Crippen molar-refractivity contribution in [1.29, 1.82) is 5.26 Å². The second-order valence-electron chi connectivity index (χ2n) is 5.43. The molecule has 1 N–H and O–H groups in total. The summed E-state index contributed by atoms with van der Waals surface area (Å²) in [5, 5.41) is 12.8. The van der Waals surface area contributed by atoms with Crippen molar-refractivity contribution in [3.05, 3.63) is 79.5 Å². The van der Waals surface area contributed by atoms with Crippen LogP contribution in [0.5, 0.6) is 0 Å². The first-order valence-electron chi connectivity index (χ1n) is 7.71. The SMILES string of the molecule is N#C/C(=C/c1ccc(-c2cccc(Cl)c2Cl)o1)C(=O)Nc1ccc(I)cc1. The van der Waals surface area contributed by atoms with Gasteiger partial charge in [0, 0.05) is 20.9 Å². The van der Waals surface area contributed by atoms with Crippen LogP contribution in [0.25, 0.3) is 17.4 Å². The van der Waals surface area contributed by atoms with Gasteiger partial charge in [-0.2, -0.15) is 5.26 Å². The van der Waals surface area contributed by atoms with Gasteiger partial charge in [-0.3, -0.25) is 4.79 Å². The minimum atomic E-state index is -0.516. The molecule has 0 unspecified atom stereocenters. The summed E-state index contributed by atoms with van der Waals surface area (Å²) in [7, 11) is 0. The van der Waals surface area contributed by atoms with Crippen LogP contribution in [-0.2, 0) is 4.79 Å². The van der Waals surface area contributed by atoms with Crippen LogP contribution in [0, 0.1) is 14.9 Å². The smallest absolute Gasteiger partial charge is 0.266 e. The van der Waals surface area contributed by atoms with Crippen LogP contribution in [0.1, 0.15) is 5.76 Å². The number of hydrogen-bond acceptors (Lipinski definition) is 3. The monoisotopic (exact) mass is 508 g/mol. The molecule has 0 spiro atoms. The lowest BCUT2D eigenvalue weighted by atomic mass is 10.2. The minimum absolute atomic E-state index is 0.0772. The Bertz CT molecular complexity index is 1070. The lowest BCUT2D eigenvalue weighted by Crippen LogP contribution is -2.13. The fraction of sp³-hybridized carbons (Fsp3) is 0. The van der Waals surface area contributed by atoms with Crippen LogP contribution in [0.2, 0.25) is 10.0 Å². The Labute approximate surface area is 179 Å². The van der Waals surface area contributed by atoms with E-state index in [0.29, 0.717) is 32.8 Å². The van der Waals surface area contributed by atoms with Gasteiger partial charge in [-0.25, -0.2) is 0 Å². The Balaban J connectivity index is 1.83. The van der Waals surface area contributed by atoms with E-state index in [1.165, 1.54) is 6.08 Å². The number of carbonyl (C=O) groups excluding carboxylic acids is 1. The maximum absolute atomic E-state index is 12.3. The van der Waals surface area contributed by atoms with Crippen molar-refractivity contribution in [3.63, 3.8) is 0 Å². The Hall–Kier alpha value is -2.27. The topological polar surface area (TPSA) is 66.0 Å². The molecular weight excluding hydrogens is 498 g/mol. The standard InChI is InChI=1S/C20H11Cl2IN2O2/c21-17-3-1-2-16(19(17)22)18-9-8-15(27-18)10-12(11-24)20(26)25-14-6-4-13(23)5-7-14/h1-10H,(H,25,26)/b12-10-. The number of benzene rings is 2. The van der Waals surface area contributed by atoms with Gasteiger partial charge in [-0.15, -0.1) is 0 Å². The quantitative estimate of drug-likeness (QED) is 0.252. The van der Waals surface area contributed by atoms with Crippen LogP contribution in [0.4, 0.5) is 5.69 Å². The van der Waals surface area contributed by atoms with Crippen molar-refractivity contribution in [2.24, 2.45) is 0 Å². The number of nitriles is 1. The average Bonchev–Trinajstić information content (AvgIpc) is 3.12. The molecule has 27 heavy (non-hydrogen) atoms. The third-order valence-electron chi connectivity index (χ3n) is 3.60. The van der Waals surface area contributed by atoms with Gasteiger partial charge in [-0.1, -0.05) is 29.3 Å². The predicted molar refractivity (Wildman–Crippen MR) is 116 cm³/mol. The summed E-state index contributed by atoms with van der Waals surface area (Å²) in [5.41, 5.74) is 1.16. The molecular formula is C20H11Cl2IN2O2. The summed E-state index contributed by atoms with van der Waals surface area (Å²) in [4.78, 5) is 12.3. The fourth-order valence-electron chi connectivity index (χ4n) is 2.29. The minimum Gasteiger partial charge on any atom is -0.457 e. The zero-order chi connectivity index (χ0) is 19.4. The highest BCUT2D eigenvalue weighted by molar-refractivity contribution is 14.1. The lowest BCUT2D eigenvalue weighted by Gasteiger charge is -2.04. The second kappa shape index (κ2) is 8.61. The van der Waals surface area contributed by atoms with Crippen molar-refractivity contribution < 1.29 is 9.21 Å². The van der Waals surface area contributed by atoms with Gasteiger partial charge in [0.2, 0.25) is 0 Å². The van der Waals surface area contributed by atoms with E-state index in [0.717, 1.165) is 3.57 Å². The van der Waals surface area contributed by atoms with E-state index in [-0.39, 0.29) is 5.57 Å². The molecule has 134 valence electrons. The van der Waals surface area contributed by atoms with Crippen molar-refractivity contribution in [1.82, 2.24) is 0 Å². The molecule has 0 fully saturated rings. The molecule has 0 aliphatic carbocycles. The van der Waals surface area contributed by atoms with Gasteiger partial charge < -0.3 is 9.73 Å². The van der Waals surface area contributed by atoms with Crippen LogP contribution in [0.15, 0.2) is 64.6 Å². The third-order valence-corrected chi connectivity index (χ3v) is 5.14. The molecule has 0 aliphatic rings. The van der Waals surface area contributed by atoms with Crippen LogP contribution >= 0.6 is 45.8 Å². The molecule has 7 heteroatoms. The summed E-state index contributed by atoms with van der Waals surface area (Å²) in [6, 6.07) is 17.7. The van der Waals surface area contributed by atoms with Gasteiger partial charge in [0.25, 0.3) is 5.91 Å². The molecule has 0 atom stereocenters. The molecule has 2 aromatic carbocycles. The van der Waals surface area contributed by atoms with Crippen LogP contribution < -0.4 is 5.32 Å². The molecule has 0 aliphatic heterocycles. The fourth-order valence-corrected chi connectivity index (χ4v) is 3.05. The Morgan fingerprint density at radius 2 is 1.85 bits per heavy atom. The number of rotatable bonds is 4. The molecule has 3 rings (SSSR count). The maximum Gasteiger partial charge on any atom is 0.266 e. The largest absolute Gasteiger partial charge is 0.457 e. The van der Waals surface area contributed by atoms with E-state index in [1.54, 1.807) is 42.5 Å². The molecule has 0 saturated carbocycles. The molecule has 1 amide bonds. The first-order valence-corrected chi connectivity index (χ1v) is 9.54.